The van der Waals surface area contributed by atoms with Crippen LogP contribution in [0.5, 0.6) is 0 Å². The molecule has 0 saturated carbocycles. The molecule has 1 aliphatic heterocycles. The molecule has 1 amide bonds. The van der Waals surface area contributed by atoms with Crippen LogP contribution in [0, 0.1) is 0 Å². The highest BCUT2D eigenvalue weighted by Crippen LogP contribution is 2.25. The summed E-state index contributed by atoms with van der Waals surface area (Å²) >= 11 is 5.82. The molecular weight excluding hydrogens is 240 g/mol. The Bertz CT molecular complexity index is 438. The summed E-state index contributed by atoms with van der Waals surface area (Å²) in [5, 5.41) is 3.47. The van der Waals surface area contributed by atoms with E-state index in [1.54, 1.807) is 12.1 Å². The second-order valence-electron chi connectivity index (χ2n) is 4.49. The van der Waals surface area contributed by atoms with Gasteiger partial charge in [0.15, 0.2) is 0 Å². The molecule has 92 valence electrons. The molecule has 17 heavy (non-hydrogen) atoms. The highest BCUT2D eigenvalue weighted by atomic mass is 35.5. The Balaban J connectivity index is 2.12. The van der Waals surface area contributed by atoms with Gasteiger partial charge in [0.05, 0.1) is 11.6 Å². The molecule has 2 atom stereocenters. The van der Waals surface area contributed by atoms with Gasteiger partial charge in [0.25, 0.3) is 5.91 Å². The van der Waals surface area contributed by atoms with Crippen LogP contribution in [0.4, 0.5) is 0 Å². The minimum atomic E-state index is -0.332. The third kappa shape index (κ3) is 2.58. The number of carbonyl (C=O) groups excluding carboxylic acids is 1. The average molecular weight is 255 g/mol. The Morgan fingerprint density at radius 1 is 1.71 bits per heavy atom. The zero-order valence-corrected chi connectivity index (χ0v) is 10.6. The first-order valence-corrected chi connectivity index (χ1v) is 5.95. The first-order chi connectivity index (χ1) is 8.01. The van der Waals surface area contributed by atoms with Gasteiger partial charge in [-0.25, -0.2) is 0 Å². The molecule has 1 aromatic heterocycles. The maximum absolute atomic E-state index is 12.0. The molecule has 1 saturated heterocycles. The van der Waals surface area contributed by atoms with E-state index in [1.165, 1.54) is 6.20 Å². The largest absolute Gasteiger partial charge is 0.376 e. The molecule has 4 nitrogen and oxygen atoms in total. The summed E-state index contributed by atoms with van der Waals surface area (Å²) in [6.07, 6.45) is 2.33. The smallest absolute Gasteiger partial charge is 0.270 e. The van der Waals surface area contributed by atoms with Crippen molar-refractivity contribution >= 4 is 17.5 Å². The Morgan fingerprint density at radius 3 is 3.06 bits per heavy atom. The highest BCUT2D eigenvalue weighted by molar-refractivity contribution is 6.30. The lowest BCUT2D eigenvalue weighted by Gasteiger charge is -2.28. The van der Waals surface area contributed by atoms with Gasteiger partial charge in [-0.3, -0.25) is 9.78 Å². The van der Waals surface area contributed by atoms with Gasteiger partial charge in [-0.05, 0) is 32.4 Å². The third-order valence-corrected chi connectivity index (χ3v) is 3.48. The van der Waals surface area contributed by atoms with E-state index in [1.807, 2.05) is 13.8 Å². The van der Waals surface area contributed by atoms with Crippen molar-refractivity contribution in [3.63, 3.8) is 0 Å². The molecule has 0 bridgehead atoms. The number of amides is 1. The second kappa shape index (κ2) is 4.63. The number of carbonyl (C=O) groups is 1. The van der Waals surface area contributed by atoms with Gasteiger partial charge in [0.1, 0.15) is 5.69 Å². The van der Waals surface area contributed by atoms with E-state index in [2.05, 4.69) is 10.3 Å². The van der Waals surface area contributed by atoms with E-state index >= 15 is 0 Å². The van der Waals surface area contributed by atoms with E-state index in [0.29, 0.717) is 17.3 Å². The fourth-order valence-electron chi connectivity index (χ4n) is 1.85. The monoisotopic (exact) mass is 254 g/mol. The number of hydrogen-bond donors (Lipinski definition) is 1. The van der Waals surface area contributed by atoms with Gasteiger partial charge in [0.2, 0.25) is 0 Å². The fraction of sp³-hybridized carbons (Fsp3) is 0.500. The summed E-state index contributed by atoms with van der Waals surface area (Å²) in [6, 6.07) is 3.20. The molecule has 1 fully saturated rings. The topological polar surface area (TPSA) is 51.2 Å². The van der Waals surface area contributed by atoms with Crippen LogP contribution in [-0.4, -0.2) is 29.1 Å². The van der Waals surface area contributed by atoms with Gasteiger partial charge in [-0.1, -0.05) is 11.6 Å². The number of nitrogens with one attached hydrogen (secondary N) is 1. The van der Waals surface area contributed by atoms with E-state index in [4.69, 9.17) is 16.3 Å². The Hall–Kier alpha value is -1.13. The van der Waals surface area contributed by atoms with Crippen LogP contribution >= 0.6 is 11.6 Å². The normalized spacial score (nSPS) is 28.1. The van der Waals surface area contributed by atoms with Crippen LogP contribution in [0.3, 0.4) is 0 Å². The molecular formula is C12H15ClN2O2. The van der Waals surface area contributed by atoms with Crippen molar-refractivity contribution in [2.75, 3.05) is 6.61 Å². The van der Waals surface area contributed by atoms with E-state index in [9.17, 15) is 4.79 Å². The summed E-state index contributed by atoms with van der Waals surface area (Å²) in [5.74, 6) is -0.215. The van der Waals surface area contributed by atoms with Crippen molar-refractivity contribution in [3.05, 3.63) is 29.0 Å². The molecule has 2 unspecified atom stereocenters. The average Bonchev–Trinajstić information content (AvgIpc) is 2.59. The van der Waals surface area contributed by atoms with Crippen molar-refractivity contribution in [1.29, 1.82) is 0 Å². The molecule has 2 rings (SSSR count). The van der Waals surface area contributed by atoms with E-state index in [-0.39, 0.29) is 17.6 Å². The van der Waals surface area contributed by atoms with Crippen LogP contribution < -0.4 is 5.32 Å². The van der Waals surface area contributed by atoms with Gasteiger partial charge in [-0.2, -0.15) is 0 Å². The highest BCUT2D eigenvalue weighted by Gasteiger charge is 2.38. The summed E-state index contributed by atoms with van der Waals surface area (Å²) in [4.78, 5) is 16.0. The van der Waals surface area contributed by atoms with Crippen molar-refractivity contribution in [1.82, 2.24) is 10.3 Å². The molecule has 5 heteroatoms. The van der Waals surface area contributed by atoms with Gasteiger partial charge in [-0.15, -0.1) is 0 Å². The van der Waals surface area contributed by atoms with Gasteiger partial charge in [0, 0.05) is 17.8 Å². The molecule has 1 aliphatic rings. The second-order valence-corrected chi connectivity index (χ2v) is 4.93. The van der Waals surface area contributed by atoms with Crippen LogP contribution in [0.1, 0.15) is 30.8 Å². The molecule has 0 spiro atoms. The van der Waals surface area contributed by atoms with Crippen molar-refractivity contribution in [2.24, 2.45) is 0 Å². The minimum Gasteiger partial charge on any atom is -0.376 e. The number of ether oxygens (including phenoxy) is 1. The zero-order valence-electron chi connectivity index (χ0n) is 9.87. The number of halogens is 1. The van der Waals surface area contributed by atoms with E-state index < -0.39 is 0 Å². The molecule has 1 aromatic rings. The SMILES string of the molecule is CC1OCCC1(C)NC(=O)c1cc(Cl)ccn1. The molecule has 0 aliphatic carbocycles. The lowest BCUT2D eigenvalue weighted by atomic mass is 9.94. The number of hydrogen-bond acceptors (Lipinski definition) is 3. The first-order valence-electron chi connectivity index (χ1n) is 5.57. The Morgan fingerprint density at radius 2 is 2.47 bits per heavy atom. The van der Waals surface area contributed by atoms with Crippen LogP contribution in [0.25, 0.3) is 0 Å². The summed E-state index contributed by atoms with van der Waals surface area (Å²) in [6.45, 7) is 4.60. The predicted octanol–water partition coefficient (Wildman–Crippen LogP) is 2.03. The number of rotatable bonds is 2. The maximum atomic E-state index is 12.0. The first kappa shape index (κ1) is 12.3. The summed E-state index contributed by atoms with van der Waals surface area (Å²) in [5.41, 5.74) is -0.000942. The van der Waals surface area contributed by atoms with Crippen LogP contribution in [0.15, 0.2) is 18.3 Å². The maximum Gasteiger partial charge on any atom is 0.270 e. The zero-order chi connectivity index (χ0) is 12.5. The van der Waals surface area contributed by atoms with Crippen molar-refractivity contribution in [2.45, 2.75) is 31.9 Å². The lowest BCUT2D eigenvalue weighted by Crippen LogP contribution is -2.50. The van der Waals surface area contributed by atoms with E-state index in [0.717, 1.165) is 6.42 Å². The standard InChI is InChI=1S/C12H15ClN2O2/c1-8-12(2,4-6-17-8)15-11(16)10-7-9(13)3-5-14-10/h3,5,7-8H,4,6H2,1-2H3,(H,15,16). The van der Waals surface area contributed by atoms with Crippen LogP contribution in [0.2, 0.25) is 5.02 Å². The van der Waals surface area contributed by atoms with Crippen molar-refractivity contribution in [3.8, 4) is 0 Å². The quantitative estimate of drug-likeness (QED) is 0.879. The lowest BCUT2D eigenvalue weighted by molar-refractivity contribution is 0.0724. The molecule has 2 heterocycles. The van der Waals surface area contributed by atoms with Gasteiger partial charge >= 0.3 is 0 Å². The van der Waals surface area contributed by atoms with Gasteiger partial charge < -0.3 is 10.1 Å². The minimum absolute atomic E-state index is 0.00522. The number of pyridine rings is 1. The summed E-state index contributed by atoms with van der Waals surface area (Å²) in [7, 11) is 0. The third-order valence-electron chi connectivity index (χ3n) is 3.24. The number of aromatic nitrogens is 1. The predicted molar refractivity (Wildman–Crippen MR) is 65.1 cm³/mol. The Labute approximate surface area is 105 Å². The van der Waals surface area contributed by atoms with Crippen molar-refractivity contribution < 1.29 is 9.53 Å². The molecule has 0 aromatic carbocycles. The fourth-order valence-corrected chi connectivity index (χ4v) is 2.01. The summed E-state index contributed by atoms with van der Waals surface area (Å²) < 4.78 is 5.47. The Kier molecular flexibility index (Phi) is 3.35. The number of nitrogens with zero attached hydrogens (tertiary/aromatic N) is 1. The van der Waals surface area contributed by atoms with Crippen LogP contribution in [-0.2, 0) is 4.74 Å². The molecule has 1 N–H and O–H groups in total. The molecule has 0 radical (unpaired) electrons.